The molecule has 0 spiro atoms. The van der Waals surface area contributed by atoms with Gasteiger partial charge >= 0.3 is 0 Å². The third kappa shape index (κ3) is 4.39. The van der Waals surface area contributed by atoms with Crippen LogP contribution in [0.25, 0.3) is 6.08 Å². The van der Waals surface area contributed by atoms with Crippen LogP contribution in [0.1, 0.15) is 22.7 Å². The number of aromatic nitrogens is 2. The molecule has 0 aliphatic heterocycles. The minimum absolute atomic E-state index is 0.168. The Hall–Kier alpha value is -3.34. The maximum Gasteiger partial charge on any atom is 0.244 e. The molecular formula is C21H21N3O2. The van der Waals surface area contributed by atoms with E-state index in [9.17, 15) is 4.79 Å². The molecule has 0 saturated carbocycles. The van der Waals surface area contributed by atoms with Crippen molar-refractivity contribution in [2.75, 3.05) is 7.11 Å². The Morgan fingerprint density at radius 2 is 1.81 bits per heavy atom. The van der Waals surface area contributed by atoms with E-state index in [4.69, 9.17) is 4.74 Å². The third-order valence-electron chi connectivity index (χ3n) is 4.02. The van der Waals surface area contributed by atoms with Crippen molar-refractivity contribution in [1.82, 2.24) is 15.1 Å². The van der Waals surface area contributed by atoms with Gasteiger partial charge in [-0.15, -0.1) is 0 Å². The number of methoxy groups -OCH3 is 1. The van der Waals surface area contributed by atoms with Crippen LogP contribution < -0.4 is 10.1 Å². The largest absolute Gasteiger partial charge is 0.497 e. The first-order chi connectivity index (χ1) is 12.7. The zero-order valence-electron chi connectivity index (χ0n) is 14.8. The molecule has 0 unspecified atom stereocenters. The molecule has 26 heavy (non-hydrogen) atoms. The summed E-state index contributed by atoms with van der Waals surface area (Å²) in [6.45, 7) is 0. The van der Waals surface area contributed by atoms with Crippen LogP contribution in [-0.2, 0) is 11.8 Å². The van der Waals surface area contributed by atoms with Crippen molar-refractivity contribution in [3.8, 4) is 5.75 Å². The minimum atomic E-state index is -0.242. The summed E-state index contributed by atoms with van der Waals surface area (Å²) in [6.07, 6.45) is 6.83. The molecule has 3 aromatic rings. The summed E-state index contributed by atoms with van der Waals surface area (Å²) < 4.78 is 6.91. The van der Waals surface area contributed by atoms with Crippen LogP contribution in [0.5, 0.6) is 5.75 Å². The normalized spacial score (nSPS) is 12.1. The first-order valence-electron chi connectivity index (χ1n) is 8.32. The van der Waals surface area contributed by atoms with Gasteiger partial charge in [0, 0.05) is 24.9 Å². The third-order valence-corrected chi connectivity index (χ3v) is 4.02. The highest BCUT2D eigenvalue weighted by Crippen LogP contribution is 2.24. The molecule has 0 fully saturated rings. The van der Waals surface area contributed by atoms with Crippen LogP contribution in [0.4, 0.5) is 0 Å². The lowest BCUT2D eigenvalue weighted by Crippen LogP contribution is -2.27. The second-order valence-corrected chi connectivity index (χ2v) is 5.91. The van der Waals surface area contributed by atoms with Crippen molar-refractivity contribution in [1.29, 1.82) is 0 Å². The van der Waals surface area contributed by atoms with Gasteiger partial charge in [-0.1, -0.05) is 42.5 Å². The molecular weight excluding hydrogens is 326 g/mol. The zero-order chi connectivity index (χ0) is 18.4. The summed E-state index contributed by atoms with van der Waals surface area (Å²) in [5, 5.41) is 7.16. The van der Waals surface area contributed by atoms with Crippen molar-refractivity contribution < 1.29 is 9.53 Å². The Bertz CT molecular complexity index is 883. The van der Waals surface area contributed by atoms with Gasteiger partial charge in [0.2, 0.25) is 5.91 Å². The van der Waals surface area contributed by atoms with Gasteiger partial charge in [0.15, 0.2) is 0 Å². The van der Waals surface area contributed by atoms with E-state index < -0.39 is 0 Å². The van der Waals surface area contributed by atoms with E-state index in [0.717, 1.165) is 22.4 Å². The lowest BCUT2D eigenvalue weighted by atomic mass is 9.98. The molecule has 1 N–H and O–H groups in total. The number of nitrogens with zero attached hydrogens (tertiary/aromatic N) is 2. The number of benzene rings is 2. The summed E-state index contributed by atoms with van der Waals surface area (Å²) in [4.78, 5) is 12.5. The fourth-order valence-corrected chi connectivity index (χ4v) is 2.69. The smallest absolute Gasteiger partial charge is 0.244 e. The number of amides is 1. The molecule has 0 radical (unpaired) electrons. The summed E-state index contributed by atoms with van der Waals surface area (Å²) >= 11 is 0. The Labute approximate surface area is 152 Å². The number of carbonyl (C=O) groups excluding carboxylic acids is 1. The van der Waals surface area contributed by atoms with Crippen LogP contribution in [0, 0.1) is 0 Å². The number of rotatable bonds is 6. The van der Waals surface area contributed by atoms with Gasteiger partial charge in [0.1, 0.15) is 5.75 Å². The lowest BCUT2D eigenvalue weighted by molar-refractivity contribution is -0.116. The number of nitrogens with one attached hydrogen (secondary N) is 1. The maximum atomic E-state index is 12.5. The van der Waals surface area contributed by atoms with Gasteiger partial charge in [0.05, 0.1) is 19.3 Å². The Balaban J connectivity index is 1.81. The summed E-state index contributed by atoms with van der Waals surface area (Å²) in [7, 11) is 3.47. The van der Waals surface area contributed by atoms with E-state index >= 15 is 0 Å². The monoisotopic (exact) mass is 347 g/mol. The molecule has 132 valence electrons. The quantitative estimate of drug-likeness (QED) is 0.696. The van der Waals surface area contributed by atoms with Crippen molar-refractivity contribution in [2.24, 2.45) is 7.05 Å². The molecule has 1 atom stereocenters. The summed E-state index contributed by atoms with van der Waals surface area (Å²) in [5.41, 5.74) is 2.88. The highest BCUT2D eigenvalue weighted by atomic mass is 16.5. The van der Waals surface area contributed by atoms with Crippen molar-refractivity contribution in [2.45, 2.75) is 6.04 Å². The van der Waals surface area contributed by atoms with Gasteiger partial charge in [-0.2, -0.15) is 5.10 Å². The topological polar surface area (TPSA) is 56.1 Å². The van der Waals surface area contributed by atoms with Crippen molar-refractivity contribution in [3.05, 3.63) is 89.8 Å². The van der Waals surface area contributed by atoms with E-state index in [2.05, 4.69) is 10.4 Å². The van der Waals surface area contributed by atoms with E-state index in [1.54, 1.807) is 24.1 Å². The number of carbonyl (C=O) groups is 1. The Morgan fingerprint density at radius 3 is 2.42 bits per heavy atom. The predicted molar refractivity (Wildman–Crippen MR) is 102 cm³/mol. The van der Waals surface area contributed by atoms with Gasteiger partial charge in [-0.3, -0.25) is 9.48 Å². The number of hydrogen-bond acceptors (Lipinski definition) is 3. The van der Waals surface area contributed by atoms with E-state index in [1.165, 1.54) is 6.08 Å². The van der Waals surface area contributed by atoms with E-state index in [1.807, 2.05) is 67.8 Å². The highest BCUT2D eigenvalue weighted by molar-refractivity contribution is 5.92. The van der Waals surface area contributed by atoms with Gasteiger partial charge in [-0.05, 0) is 29.3 Å². The minimum Gasteiger partial charge on any atom is -0.497 e. The molecule has 5 heteroatoms. The van der Waals surface area contributed by atoms with Crippen LogP contribution in [0.3, 0.4) is 0 Å². The second kappa shape index (κ2) is 8.16. The van der Waals surface area contributed by atoms with E-state index in [0.29, 0.717) is 0 Å². The number of ether oxygens (including phenoxy) is 1. The van der Waals surface area contributed by atoms with Gasteiger partial charge in [0.25, 0.3) is 0 Å². The average molecular weight is 347 g/mol. The van der Waals surface area contributed by atoms with Crippen molar-refractivity contribution >= 4 is 12.0 Å². The zero-order valence-corrected chi connectivity index (χ0v) is 14.8. The van der Waals surface area contributed by atoms with Crippen LogP contribution in [0.15, 0.2) is 73.1 Å². The number of aryl methyl sites for hydroxylation is 1. The summed E-state index contributed by atoms with van der Waals surface area (Å²) in [6, 6.07) is 17.3. The lowest BCUT2D eigenvalue weighted by Gasteiger charge is -2.19. The Kier molecular flexibility index (Phi) is 5.49. The van der Waals surface area contributed by atoms with Crippen LogP contribution in [-0.4, -0.2) is 22.8 Å². The Morgan fingerprint density at radius 1 is 1.12 bits per heavy atom. The highest BCUT2D eigenvalue weighted by Gasteiger charge is 2.15. The fraction of sp³-hybridized carbons (Fsp3) is 0.143. The van der Waals surface area contributed by atoms with E-state index in [-0.39, 0.29) is 11.9 Å². The molecule has 0 aliphatic carbocycles. The maximum absolute atomic E-state index is 12.5. The molecule has 5 nitrogen and oxygen atoms in total. The number of hydrogen-bond donors (Lipinski definition) is 1. The average Bonchev–Trinajstić information content (AvgIpc) is 3.10. The molecule has 3 rings (SSSR count). The van der Waals surface area contributed by atoms with Crippen molar-refractivity contribution in [3.63, 3.8) is 0 Å². The van der Waals surface area contributed by atoms with Gasteiger partial charge in [-0.25, -0.2) is 0 Å². The summed E-state index contributed by atoms with van der Waals surface area (Å²) in [5.74, 6) is 0.613. The first-order valence-corrected chi connectivity index (χ1v) is 8.32. The molecule has 1 heterocycles. The molecule has 1 aromatic heterocycles. The standard InChI is InChI=1S/C21H21N3O2/c1-24-15-16(14-22-24)8-13-20(25)23-21(17-6-4-3-5-7-17)18-9-11-19(26-2)12-10-18/h3-15,21H,1-2H3,(H,23,25)/b13-8+/t21-/m0/s1. The fourth-order valence-electron chi connectivity index (χ4n) is 2.69. The van der Waals surface area contributed by atoms with Crippen LogP contribution >= 0.6 is 0 Å². The van der Waals surface area contributed by atoms with Crippen LogP contribution in [0.2, 0.25) is 0 Å². The second-order valence-electron chi connectivity index (χ2n) is 5.91. The molecule has 0 aliphatic rings. The molecule has 0 saturated heterocycles. The molecule has 1 amide bonds. The molecule has 2 aromatic carbocycles. The SMILES string of the molecule is COc1ccc([C@@H](NC(=O)/C=C/c2cnn(C)c2)c2ccccc2)cc1. The predicted octanol–water partition coefficient (Wildman–Crippen LogP) is 3.35. The molecule has 0 bridgehead atoms. The van der Waals surface area contributed by atoms with Gasteiger partial charge < -0.3 is 10.1 Å². The first kappa shape index (κ1) is 17.5.